The largest absolute Gasteiger partial charge is 0.322 e. The van der Waals surface area contributed by atoms with Gasteiger partial charge in [-0.05, 0) is 42.3 Å². The average Bonchev–Trinajstić information content (AvgIpc) is 2.62. The summed E-state index contributed by atoms with van der Waals surface area (Å²) in [5.74, 6) is -0.357. The Morgan fingerprint density at radius 1 is 1.08 bits per heavy atom. The highest BCUT2D eigenvalue weighted by Gasteiger charge is 2.20. The van der Waals surface area contributed by atoms with Crippen LogP contribution < -0.4 is 5.32 Å². The van der Waals surface area contributed by atoms with Gasteiger partial charge in [0.25, 0.3) is 0 Å². The molecule has 1 aliphatic heterocycles. The lowest BCUT2D eigenvalue weighted by molar-refractivity contribution is 0.148. The van der Waals surface area contributed by atoms with Crippen LogP contribution in [0.15, 0.2) is 48.5 Å². The molecule has 0 atom stereocenters. The molecule has 2 amide bonds. The molecule has 1 N–H and O–H groups in total. The van der Waals surface area contributed by atoms with E-state index >= 15 is 0 Å². The minimum absolute atomic E-state index is 0.178. The van der Waals surface area contributed by atoms with E-state index in [0.29, 0.717) is 18.8 Å². The third kappa shape index (κ3) is 5.18. The van der Waals surface area contributed by atoms with Gasteiger partial charge in [-0.3, -0.25) is 4.90 Å². The molecule has 4 nitrogen and oxygen atoms in total. The van der Waals surface area contributed by atoms with Crippen molar-refractivity contribution in [3.05, 3.63) is 64.9 Å². The average molecular weight is 362 g/mol. The van der Waals surface area contributed by atoms with E-state index in [-0.39, 0.29) is 11.8 Å². The van der Waals surface area contributed by atoms with Gasteiger partial charge in [-0.1, -0.05) is 29.8 Å². The van der Waals surface area contributed by atoms with Crippen molar-refractivity contribution in [2.75, 3.05) is 38.0 Å². The Labute approximate surface area is 152 Å². The summed E-state index contributed by atoms with van der Waals surface area (Å²) < 4.78 is 13.2. The van der Waals surface area contributed by atoms with Crippen molar-refractivity contribution in [3.63, 3.8) is 0 Å². The molecule has 132 valence electrons. The number of piperazine rings is 1. The third-order valence-corrected chi connectivity index (χ3v) is 4.62. The Hall–Kier alpha value is -2.11. The van der Waals surface area contributed by atoms with Crippen molar-refractivity contribution in [2.24, 2.45) is 0 Å². The summed E-state index contributed by atoms with van der Waals surface area (Å²) in [6.45, 7) is 3.97. The van der Waals surface area contributed by atoms with Gasteiger partial charge in [-0.2, -0.15) is 0 Å². The smallest absolute Gasteiger partial charge is 0.321 e. The number of carbonyl (C=O) groups is 1. The van der Waals surface area contributed by atoms with Gasteiger partial charge in [0.1, 0.15) is 5.82 Å². The van der Waals surface area contributed by atoms with Crippen molar-refractivity contribution in [1.29, 1.82) is 0 Å². The van der Waals surface area contributed by atoms with Crippen LogP contribution in [0.2, 0.25) is 5.02 Å². The molecule has 2 aromatic rings. The first-order valence-corrected chi connectivity index (χ1v) is 8.76. The van der Waals surface area contributed by atoms with Gasteiger partial charge < -0.3 is 10.2 Å². The number of anilines is 1. The lowest BCUT2D eigenvalue weighted by Crippen LogP contribution is -2.50. The second-order valence-electron chi connectivity index (χ2n) is 6.15. The molecule has 0 aliphatic carbocycles. The number of hydrogen-bond donors (Lipinski definition) is 1. The number of urea groups is 1. The number of nitrogens with zero attached hydrogens (tertiary/aromatic N) is 2. The van der Waals surface area contributed by atoms with Crippen LogP contribution >= 0.6 is 11.6 Å². The Morgan fingerprint density at radius 3 is 2.48 bits per heavy atom. The van der Waals surface area contributed by atoms with Crippen LogP contribution in [0.3, 0.4) is 0 Å². The highest BCUT2D eigenvalue weighted by Crippen LogP contribution is 2.13. The molecule has 1 aliphatic rings. The van der Waals surface area contributed by atoms with E-state index in [1.807, 2.05) is 24.3 Å². The van der Waals surface area contributed by atoms with Crippen molar-refractivity contribution in [2.45, 2.75) is 6.42 Å². The summed E-state index contributed by atoms with van der Waals surface area (Å²) in [7, 11) is 0. The van der Waals surface area contributed by atoms with E-state index in [1.54, 1.807) is 17.0 Å². The number of carbonyl (C=O) groups excluding carboxylic acids is 1. The normalized spacial score (nSPS) is 15.2. The SMILES string of the molecule is O=C(Nc1cccc(F)c1)N1CCN(CCc2ccc(Cl)cc2)CC1. The number of amides is 2. The van der Waals surface area contributed by atoms with Crippen LogP contribution in [0.25, 0.3) is 0 Å². The summed E-state index contributed by atoms with van der Waals surface area (Å²) in [6, 6.07) is 13.7. The van der Waals surface area contributed by atoms with Crippen LogP contribution in [0.1, 0.15) is 5.56 Å². The molecule has 25 heavy (non-hydrogen) atoms. The quantitative estimate of drug-likeness (QED) is 0.897. The van der Waals surface area contributed by atoms with E-state index in [1.165, 1.54) is 17.7 Å². The molecule has 0 unspecified atom stereocenters. The van der Waals surface area contributed by atoms with Gasteiger partial charge in [0.15, 0.2) is 0 Å². The molecule has 0 spiro atoms. The predicted molar refractivity (Wildman–Crippen MR) is 98.6 cm³/mol. The summed E-state index contributed by atoms with van der Waals surface area (Å²) in [5.41, 5.74) is 1.74. The topological polar surface area (TPSA) is 35.6 Å². The standard InChI is InChI=1S/C19H21ClFN3O/c20-16-6-4-15(5-7-16)8-9-23-10-12-24(13-11-23)19(25)22-18-3-1-2-17(21)14-18/h1-7,14H,8-13H2,(H,22,25). The Bertz CT molecular complexity index is 715. The van der Waals surface area contributed by atoms with Gasteiger partial charge in [0, 0.05) is 43.4 Å². The molecule has 1 saturated heterocycles. The first-order chi connectivity index (χ1) is 12.1. The lowest BCUT2D eigenvalue weighted by atomic mass is 10.1. The van der Waals surface area contributed by atoms with Crippen molar-refractivity contribution >= 4 is 23.3 Å². The number of hydrogen-bond acceptors (Lipinski definition) is 2. The van der Waals surface area contributed by atoms with Gasteiger partial charge in [0.2, 0.25) is 0 Å². The minimum atomic E-state index is -0.357. The molecule has 0 radical (unpaired) electrons. The summed E-state index contributed by atoms with van der Waals surface area (Å²) in [5, 5.41) is 3.50. The highest BCUT2D eigenvalue weighted by molar-refractivity contribution is 6.30. The molecule has 6 heteroatoms. The van der Waals surface area contributed by atoms with Gasteiger partial charge in [0.05, 0.1) is 0 Å². The monoisotopic (exact) mass is 361 g/mol. The van der Waals surface area contributed by atoms with Crippen LogP contribution in [-0.2, 0) is 6.42 Å². The van der Waals surface area contributed by atoms with Gasteiger partial charge >= 0.3 is 6.03 Å². The van der Waals surface area contributed by atoms with Crippen molar-refractivity contribution in [3.8, 4) is 0 Å². The molecule has 1 fully saturated rings. The Balaban J connectivity index is 1.43. The summed E-state index contributed by atoms with van der Waals surface area (Å²) in [6.07, 6.45) is 0.965. The maximum absolute atomic E-state index is 13.2. The Kier molecular flexibility index (Phi) is 5.89. The zero-order valence-corrected chi connectivity index (χ0v) is 14.7. The molecular formula is C19H21ClFN3O. The number of nitrogens with one attached hydrogen (secondary N) is 1. The van der Waals surface area contributed by atoms with E-state index in [0.717, 1.165) is 31.1 Å². The Morgan fingerprint density at radius 2 is 1.80 bits per heavy atom. The van der Waals surface area contributed by atoms with Crippen LogP contribution in [-0.4, -0.2) is 48.6 Å². The minimum Gasteiger partial charge on any atom is -0.322 e. The predicted octanol–water partition coefficient (Wildman–Crippen LogP) is 3.87. The maximum Gasteiger partial charge on any atom is 0.321 e. The first-order valence-electron chi connectivity index (χ1n) is 8.38. The fourth-order valence-electron chi connectivity index (χ4n) is 2.88. The second-order valence-corrected chi connectivity index (χ2v) is 6.58. The van der Waals surface area contributed by atoms with Gasteiger partial charge in [-0.15, -0.1) is 0 Å². The highest BCUT2D eigenvalue weighted by atomic mass is 35.5. The summed E-state index contributed by atoms with van der Waals surface area (Å²) in [4.78, 5) is 16.4. The zero-order chi connectivity index (χ0) is 17.6. The van der Waals surface area contributed by atoms with Crippen molar-refractivity contribution < 1.29 is 9.18 Å². The molecular weight excluding hydrogens is 341 g/mol. The number of rotatable bonds is 4. The lowest BCUT2D eigenvalue weighted by Gasteiger charge is -2.34. The van der Waals surface area contributed by atoms with Gasteiger partial charge in [-0.25, -0.2) is 9.18 Å². The van der Waals surface area contributed by atoms with E-state index in [2.05, 4.69) is 10.2 Å². The van der Waals surface area contributed by atoms with Crippen molar-refractivity contribution in [1.82, 2.24) is 9.80 Å². The molecule has 2 aromatic carbocycles. The molecule has 0 bridgehead atoms. The van der Waals surface area contributed by atoms with Crippen LogP contribution in [0.5, 0.6) is 0 Å². The van der Waals surface area contributed by atoms with E-state index in [4.69, 9.17) is 11.6 Å². The van der Waals surface area contributed by atoms with Crippen LogP contribution in [0, 0.1) is 5.82 Å². The number of benzene rings is 2. The molecule has 0 aromatic heterocycles. The molecule has 3 rings (SSSR count). The maximum atomic E-state index is 13.2. The zero-order valence-electron chi connectivity index (χ0n) is 13.9. The van der Waals surface area contributed by atoms with Crippen LogP contribution in [0.4, 0.5) is 14.9 Å². The molecule has 0 saturated carbocycles. The first kappa shape index (κ1) is 17.7. The number of halogens is 2. The second kappa shape index (κ2) is 8.32. The fraction of sp³-hybridized carbons (Fsp3) is 0.316. The van der Waals surface area contributed by atoms with E-state index in [9.17, 15) is 9.18 Å². The van der Waals surface area contributed by atoms with E-state index < -0.39 is 0 Å². The fourth-order valence-corrected chi connectivity index (χ4v) is 3.01. The molecule has 1 heterocycles. The third-order valence-electron chi connectivity index (χ3n) is 4.37. The summed E-state index contributed by atoms with van der Waals surface area (Å²) >= 11 is 5.90.